The van der Waals surface area contributed by atoms with Crippen molar-refractivity contribution in [3.63, 3.8) is 0 Å². The SMILES string of the molecule is CCCSCC(N)C(=O)O.Cl. The van der Waals surface area contributed by atoms with Gasteiger partial charge in [0.2, 0.25) is 0 Å². The Morgan fingerprint density at radius 3 is 2.64 bits per heavy atom. The predicted octanol–water partition coefficient (Wildman–Crippen LogP) is 0.963. The number of aliphatic carboxylic acids is 1. The Bertz CT molecular complexity index is 113. The Morgan fingerprint density at radius 2 is 2.27 bits per heavy atom. The molecule has 0 rings (SSSR count). The van der Waals surface area contributed by atoms with E-state index in [2.05, 4.69) is 6.92 Å². The monoisotopic (exact) mass is 199 g/mol. The lowest BCUT2D eigenvalue weighted by Crippen LogP contribution is -2.32. The molecule has 68 valence electrons. The lowest BCUT2D eigenvalue weighted by atomic mass is 10.4. The fraction of sp³-hybridized carbons (Fsp3) is 0.833. The molecule has 0 aliphatic carbocycles. The Morgan fingerprint density at radius 1 is 1.73 bits per heavy atom. The summed E-state index contributed by atoms with van der Waals surface area (Å²) >= 11 is 1.58. The molecule has 3 nitrogen and oxygen atoms in total. The summed E-state index contributed by atoms with van der Waals surface area (Å²) in [5.74, 6) is 0.591. The van der Waals surface area contributed by atoms with Gasteiger partial charge >= 0.3 is 5.97 Å². The highest BCUT2D eigenvalue weighted by molar-refractivity contribution is 7.99. The van der Waals surface area contributed by atoms with E-state index in [1.54, 1.807) is 11.8 Å². The van der Waals surface area contributed by atoms with Crippen LogP contribution >= 0.6 is 24.2 Å². The van der Waals surface area contributed by atoms with E-state index < -0.39 is 12.0 Å². The van der Waals surface area contributed by atoms with E-state index in [1.807, 2.05) is 0 Å². The van der Waals surface area contributed by atoms with E-state index in [1.165, 1.54) is 0 Å². The number of carboxylic acid groups (broad SMARTS) is 1. The molecular formula is C6H14ClNO2S. The summed E-state index contributed by atoms with van der Waals surface area (Å²) in [6.07, 6.45) is 1.07. The molecular weight excluding hydrogens is 186 g/mol. The maximum Gasteiger partial charge on any atom is 0.321 e. The third-order valence-corrected chi connectivity index (χ3v) is 2.25. The number of rotatable bonds is 5. The number of carbonyl (C=O) groups is 1. The summed E-state index contributed by atoms with van der Waals surface area (Å²) in [6, 6.07) is -0.698. The zero-order valence-corrected chi connectivity index (χ0v) is 8.08. The fourth-order valence-electron chi connectivity index (χ4n) is 0.426. The average molecular weight is 200 g/mol. The standard InChI is InChI=1S/C6H13NO2S.ClH/c1-2-3-10-4-5(7)6(8)9;/h5H,2-4,7H2,1H3,(H,8,9);1H. The minimum atomic E-state index is -0.913. The first-order valence-corrected chi connectivity index (χ1v) is 4.40. The smallest absolute Gasteiger partial charge is 0.321 e. The molecule has 0 aromatic carbocycles. The van der Waals surface area contributed by atoms with E-state index in [9.17, 15) is 4.79 Å². The fourth-order valence-corrected chi connectivity index (χ4v) is 1.28. The lowest BCUT2D eigenvalue weighted by molar-refractivity contribution is -0.137. The van der Waals surface area contributed by atoms with Gasteiger partial charge in [0.05, 0.1) is 0 Å². The second-order valence-corrected chi connectivity index (χ2v) is 3.17. The third-order valence-electron chi connectivity index (χ3n) is 0.963. The number of halogens is 1. The first kappa shape index (κ1) is 13.6. The second-order valence-electron chi connectivity index (χ2n) is 2.02. The normalized spacial score (nSPS) is 11.8. The molecule has 0 fully saturated rings. The van der Waals surface area contributed by atoms with Crippen LogP contribution in [-0.4, -0.2) is 28.6 Å². The van der Waals surface area contributed by atoms with Crippen molar-refractivity contribution in [3.05, 3.63) is 0 Å². The van der Waals surface area contributed by atoms with Crippen molar-refractivity contribution >= 4 is 30.1 Å². The molecule has 0 saturated heterocycles. The predicted molar refractivity (Wildman–Crippen MR) is 50.5 cm³/mol. The molecule has 3 N–H and O–H groups in total. The molecule has 0 aliphatic heterocycles. The van der Waals surface area contributed by atoms with Gasteiger partial charge in [0.25, 0.3) is 0 Å². The van der Waals surface area contributed by atoms with Crippen LogP contribution in [-0.2, 0) is 4.79 Å². The van der Waals surface area contributed by atoms with Crippen LogP contribution < -0.4 is 5.73 Å². The second kappa shape index (κ2) is 8.17. The van der Waals surface area contributed by atoms with E-state index >= 15 is 0 Å². The van der Waals surface area contributed by atoms with Crippen LogP contribution in [0.2, 0.25) is 0 Å². The minimum Gasteiger partial charge on any atom is -0.480 e. The van der Waals surface area contributed by atoms with Crippen LogP contribution in [0.4, 0.5) is 0 Å². The van der Waals surface area contributed by atoms with E-state index in [-0.39, 0.29) is 12.4 Å². The molecule has 0 aromatic rings. The van der Waals surface area contributed by atoms with E-state index in [4.69, 9.17) is 10.8 Å². The van der Waals surface area contributed by atoms with Gasteiger partial charge < -0.3 is 10.8 Å². The molecule has 5 heteroatoms. The van der Waals surface area contributed by atoms with Crippen molar-refractivity contribution in [2.45, 2.75) is 19.4 Å². The highest BCUT2D eigenvalue weighted by Crippen LogP contribution is 2.02. The topological polar surface area (TPSA) is 63.3 Å². The Balaban J connectivity index is 0. The van der Waals surface area contributed by atoms with E-state index in [0.29, 0.717) is 5.75 Å². The molecule has 0 saturated carbocycles. The zero-order chi connectivity index (χ0) is 7.98. The summed E-state index contributed by atoms with van der Waals surface area (Å²) < 4.78 is 0. The number of carboxylic acids is 1. The first-order chi connectivity index (χ1) is 4.68. The summed E-state index contributed by atoms with van der Waals surface area (Å²) in [5.41, 5.74) is 5.24. The average Bonchev–Trinajstić information content (AvgIpc) is 1.88. The Hall–Kier alpha value is 0.0700. The number of thioether (sulfide) groups is 1. The number of nitrogens with two attached hydrogens (primary N) is 1. The van der Waals surface area contributed by atoms with Crippen LogP contribution in [0, 0.1) is 0 Å². The van der Waals surface area contributed by atoms with Gasteiger partial charge in [-0.2, -0.15) is 11.8 Å². The highest BCUT2D eigenvalue weighted by atomic mass is 35.5. The van der Waals surface area contributed by atoms with Gasteiger partial charge in [0.1, 0.15) is 6.04 Å². The summed E-state index contributed by atoms with van der Waals surface area (Å²) in [5, 5.41) is 8.34. The summed E-state index contributed by atoms with van der Waals surface area (Å²) in [6.45, 7) is 2.05. The third kappa shape index (κ3) is 7.97. The van der Waals surface area contributed by atoms with Gasteiger partial charge in [0.15, 0.2) is 0 Å². The van der Waals surface area contributed by atoms with Crippen LogP contribution in [0.1, 0.15) is 13.3 Å². The lowest BCUT2D eigenvalue weighted by Gasteiger charge is -2.03. The van der Waals surface area contributed by atoms with Crippen LogP contribution in [0.3, 0.4) is 0 Å². The molecule has 0 bridgehead atoms. The molecule has 0 amide bonds. The largest absolute Gasteiger partial charge is 0.480 e. The summed E-state index contributed by atoms with van der Waals surface area (Å²) in [4.78, 5) is 10.2. The van der Waals surface area contributed by atoms with Crippen LogP contribution in [0.25, 0.3) is 0 Å². The molecule has 1 unspecified atom stereocenters. The van der Waals surface area contributed by atoms with Gasteiger partial charge in [-0.25, -0.2) is 0 Å². The molecule has 0 heterocycles. The highest BCUT2D eigenvalue weighted by Gasteiger charge is 2.09. The Labute approximate surface area is 77.1 Å². The van der Waals surface area contributed by atoms with Crippen molar-refractivity contribution in [1.29, 1.82) is 0 Å². The Kier molecular flexibility index (Phi) is 10.1. The van der Waals surface area contributed by atoms with Gasteiger partial charge in [0, 0.05) is 5.75 Å². The number of hydrogen-bond acceptors (Lipinski definition) is 3. The van der Waals surface area contributed by atoms with E-state index in [0.717, 1.165) is 12.2 Å². The van der Waals surface area contributed by atoms with Crippen molar-refractivity contribution in [2.24, 2.45) is 5.73 Å². The quantitative estimate of drug-likeness (QED) is 0.648. The van der Waals surface area contributed by atoms with Crippen molar-refractivity contribution < 1.29 is 9.90 Å². The van der Waals surface area contributed by atoms with Gasteiger partial charge in [-0.05, 0) is 12.2 Å². The summed E-state index contributed by atoms with van der Waals surface area (Å²) in [7, 11) is 0. The maximum atomic E-state index is 10.2. The molecule has 0 aromatic heterocycles. The van der Waals surface area contributed by atoms with Crippen LogP contribution in [0.15, 0.2) is 0 Å². The molecule has 11 heavy (non-hydrogen) atoms. The molecule has 0 spiro atoms. The first-order valence-electron chi connectivity index (χ1n) is 3.24. The molecule has 0 radical (unpaired) electrons. The van der Waals surface area contributed by atoms with Gasteiger partial charge in [-0.15, -0.1) is 12.4 Å². The molecule has 0 aliphatic rings. The van der Waals surface area contributed by atoms with Crippen molar-refractivity contribution in [1.82, 2.24) is 0 Å². The molecule has 1 atom stereocenters. The van der Waals surface area contributed by atoms with Crippen molar-refractivity contribution in [3.8, 4) is 0 Å². The maximum absolute atomic E-state index is 10.2. The van der Waals surface area contributed by atoms with Crippen LogP contribution in [0.5, 0.6) is 0 Å². The zero-order valence-electron chi connectivity index (χ0n) is 6.45. The van der Waals surface area contributed by atoms with Crippen molar-refractivity contribution in [2.75, 3.05) is 11.5 Å². The van der Waals surface area contributed by atoms with Gasteiger partial charge in [-0.3, -0.25) is 4.79 Å². The minimum absolute atomic E-state index is 0. The van der Waals surface area contributed by atoms with Gasteiger partial charge in [-0.1, -0.05) is 6.92 Å². The number of hydrogen-bond donors (Lipinski definition) is 2.